The number of aromatic nitrogens is 2. The van der Waals surface area contributed by atoms with Gasteiger partial charge in [-0.15, -0.1) is 0 Å². The van der Waals surface area contributed by atoms with Gasteiger partial charge in [-0.25, -0.2) is 9.97 Å². The van der Waals surface area contributed by atoms with Gasteiger partial charge >= 0.3 is 0 Å². The number of nitrogens with zero attached hydrogens (tertiary/aromatic N) is 3. The molecule has 0 aliphatic carbocycles. The summed E-state index contributed by atoms with van der Waals surface area (Å²) in [5.74, 6) is 1.75. The molecule has 1 saturated heterocycles. The molecule has 2 aromatic rings. The fourth-order valence-corrected chi connectivity index (χ4v) is 3.47. The van der Waals surface area contributed by atoms with Crippen LogP contribution in [0, 0.1) is 0 Å². The molecule has 0 radical (unpaired) electrons. The van der Waals surface area contributed by atoms with Gasteiger partial charge in [-0.05, 0) is 18.2 Å². The molecule has 2 aliphatic heterocycles. The van der Waals surface area contributed by atoms with Crippen molar-refractivity contribution in [2.24, 2.45) is 0 Å². The van der Waals surface area contributed by atoms with E-state index in [1.54, 1.807) is 6.20 Å². The normalized spacial score (nSPS) is 19.7. The number of hydrogen-bond acceptors (Lipinski definition) is 6. The summed E-state index contributed by atoms with van der Waals surface area (Å²) in [6.07, 6.45) is 2.52. The number of pyridine rings is 2. The summed E-state index contributed by atoms with van der Waals surface area (Å²) in [4.78, 5) is 22.8. The smallest absolute Gasteiger partial charge is 0.150 e. The van der Waals surface area contributed by atoms with Crippen molar-refractivity contribution in [3.63, 3.8) is 0 Å². The number of hydrogen-bond donors (Lipinski definition) is 2. The van der Waals surface area contributed by atoms with Crippen molar-refractivity contribution in [1.82, 2.24) is 15.3 Å². The molecule has 2 N–H and O–H groups in total. The van der Waals surface area contributed by atoms with Crippen LogP contribution in [0.25, 0.3) is 0 Å². The molecule has 4 heterocycles. The van der Waals surface area contributed by atoms with Gasteiger partial charge in [0, 0.05) is 56.0 Å². The topological polar surface area (TPSA) is 70.2 Å². The Labute approximate surface area is 145 Å². The van der Waals surface area contributed by atoms with Gasteiger partial charge in [0.1, 0.15) is 17.9 Å². The van der Waals surface area contributed by atoms with Crippen LogP contribution >= 0.6 is 11.6 Å². The van der Waals surface area contributed by atoms with Crippen LogP contribution in [0.1, 0.15) is 27.5 Å². The molecular weight excluding hydrogens is 326 g/mol. The molecule has 2 aliphatic rings. The average molecular weight is 344 g/mol. The van der Waals surface area contributed by atoms with E-state index in [2.05, 4.69) is 20.5 Å². The zero-order valence-electron chi connectivity index (χ0n) is 13.1. The van der Waals surface area contributed by atoms with E-state index in [0.717, 1.165) is 55.4 Å². The molecule has 2 aromatic heterocycles. The van der Waals surface area contributed by atoms with E-state index >= 15 is 0 Å². The Morgan fingerprint density at radius 1 is 1.25 bits per heavy atom. The highest BCUT2D eigenvalue weighted by atomic mass is 35.5. The lowest BCUT2D eigenvalue weighted by Gasteiger charge is -2.29. The number of rotatable bonds is 3. The third kappa shape index (κ3) is 2.83. The fourth-order valence-electron chi connectivity index (χ4n) is 3.30. The first kappa shape index (κ1) is 15.4. The minimum atomic E-state index is 0.0489. The molecular formula is C17H18ClN5O. The minimum Gasteiger partial charge on any atom is -0.369 e. The Bertz CT molecular complexity index is 776. The molecule has 7 heteroatoms. The predicted molar refractivity (Wildman–Crippen MR) is 94.3 cm³/mol. The van der Waals surface area contributed by atoms with E-state index in [-0.39, 0.29) is 5.92 Å². The Morgan fingerprint density at radius 2 is 2.08 bits per heavy atom. The molecule has 0 bridgehead atoms. The van der Waals surface area contributed by atoms with Gasteiger partial charge in [0.25, 0.3) is 0 Å². The number of carbonyl (C=O) groups is 1. The van der Waals surface area contributed by atoms with Crippen molar-refractivity contribution < 1.29 is 4.79 Å². The van der Waals surface area contributed by atoms with Crippen LogP contribution in [0.15, 0.2) is 24.4 Å². The summed E-state index contributed by atoms with van der Waals surface area (Å²) in [6.45, 7) is 4.34. The molecule has 6 nitrogen and oxygen atoms in total. The minimum absolute atomic E-state index is 0.0489. The number of halogens is 1. The zero-order valence-corrected chi connectivity index (χ0v) is 13.9. The summed E-state index contributed by atoms with van der Waals surface area (Å²) in [5, 5.41) is 7.23. The molecule has 0 spiro atoms. The summed E-state index contributed by atoms with van der Waals surface area (Å²) in [6, 6.07) is 5.65. The second-order valence-electron chi connectivity index (χ2n) is 6.06. The Morgan fingerprint density at radius 3 is 2.88 bits per heavy atom. The van der Waals surface area contributed by atoms with Crippen molar-refractivity contribution >= 4 is 29.5 Å². The maximum absolute atomic E-state index is 11.4. The number of carbonyl (C=O) groups excluding carboxylic acids is 1. The largest absolute Gasteiger partial charge is 0.369 e. The maximum Gasteiger partial charge on any atom is 0.150 e. The summed E-state index contributed by atoms with van der Waals surface area (Å²) in [5.41, 5.74) is 2.56. The lowest BCUT2D eigenvalue weighted by Crippen LogP contribution is -2.44. The van der Waals surface area contributed by atoms with Crippen LogP contribution in [0.2, 0.25) is 5.02 Å². The van der Waals surface area contributed by atoms with Gasteiger partial charge in [-0.2, -0.15) is 0 Å². The third-order valence-electron chi connectivity index (χ3n) is 4.52. The quantitative estimate of drug-likeness (QED) is 0.830. The molecule has 124 valence electrons. The first-order valence-electron chi connectivity index (χ1n) is 8.07. The van der Waals surface area contributed by atoms with Gasteiger partial charge in [0.15, 0.2) is 0 Å². The summed E-state index contributed by atoms with van der Waals surface area (Å²) >= 11 is 6.11. The Balaban J connectivity index is 1.73. The van der Waals surface area contributed by atoms with E-state index in [4.69, 9.17) is 16.6 Å². The maximum atomic E-state index is 11.4. The zero-order chi connectivity index (χ0) is 16.5. The van der Waals surface area contributed by atoms with Gasteiger partial charge < -0.3 is 15.5 Å². The lowest BCUT2D eigenvalue weighted by atomic mass is 9.97. The average Bonchev–Trinajstić information content (AvgIpc) is 3.05. The van der Waals surface area contributed by atoms with E-state index in [0.29, 0.717) is 17.1 Å². The highest BCUT2D eigenvalue weighted by Gasteiger charge is 2.27. The number of anilines is 2. The van der Waals surface area contributed by atoms with Gasteiger partial charge in [-0.1, -0.05) is 11.6 Å². The van der Waals surface area contributed by atoms with Crippen molar-refractivity contribution in [1.29, 1.82) is 0 Å². The number of nitrogens with one attached hydrogen (secondary N) is 2. The summed E-state index contributed by atoms with van der Waals surface area (Å²) in [7, 11) is 0. The highest BCUT2D eigenvalue weighted by Crippen LogP contribution is 2.36. The molecule has 0 saturated carbocycles. The van der Waals surface area contributed by atoms with Crippen molar-refractivity contribution in [3.8, 4) is 0 Å². The number of aldehydes is 1. The van der Waals surface area contributed by atoms with Gasteiger partial charge in [-0.3, -0.25) is 4.79 Å². The van der Waals surface area contributed by atoms with Crippen molar-refractivity contribution in [2.75, 3.05) is 42.9 Å². The molecule has 24 heavy (non-hydrogen) atoms. The molecule has 1 fully saturated rings. The molecule has 4 rings (SSSR count). The van der Waals surface area contributed by atoms with E-state index in [1.165, 1.54) is 0 Å². The second-order valence-corrected chi connectivity index (χ2v) is 6.50. The van der Waals surface area contributed by atoms with Crippen LogP contribution in [0.3, 0.4) is 0 Å². The Kier molecular flexibility index (Phi) is 4.08. The molecule has 0 aromatic carbocycles. The van der Waals surface area contributed by atoms with Crippen LogP contribution < -0.4 is 15.5 Å². The first-order valence-corrected chi connectivity index (χ1v) is 8.44. The second kappa shape index (κ2) is 6.37. The SMILES string of the molecule is O=Cc1cc(C2CNc3ncc(Cl)cc32)nc(N2CCNCC2)c1. The van der Waals surface area contributed by atoms with Gasteiger partial charge in [0.2, 0.25) is 0 Å². The monoisotopic (exact) mass is 343 g/mol. The van der Waals surface area contributed by atoms with Crippen molar-refractivity contribution in [3.05, 3.63) is 46.2 Å². The van der Waals surface area contributed by atoms with Gasteiger partial charge in [0.05, 0.1) is 10.7 Å². The fraction of sp³-hybridized carbons (Fsp3) is 0.353. The number of fused-ring (bicyclic) bond motifs is 1. The van der Waals surface area contributed by atoms with E-state index < -0.39 is 0 Å². The lowest BCUT2D eigenvalue weighted by molar-refractivity contribution is 0.112. The number of piperazine rings is 1. The standard InChI is InChI=1S/C17H18ClN5O/c18-12-7-13-14(9-21-17(13)20-8-12)15-5-11(10-24)6-16(22-15)23-3-1-19-2-4-23/h5-8,10,14,19H,1-4,9H2,(H,20,21). The van der Waals surface area contributed by atoms with Crippen molar-refractivity contribution in [2.45, 2.75) is 5.92 Å². The van der Waals surface area contributed by atoms with Crippen LogP contribution in [-0.4, -0.2) is 49.0 Å². The molecule has 0 amide bonds. The Hall–Kier alpha value is -2.18. The summed E-state index contributed by atoms with van der Waals surface area (Å²) < 4.78 is 0. The first-order chi connectivity index (χ1) is 11.7. The van der Waals surface area contributed by atoms with Crippen LogP contribution in [-0.2, 0) is 0 Å². The van der Waals surface area contributed by atoms with E-state index in [1.807, 2.05) is 18.2 Å². The van der Waals surface area contributed by atoms with Crippen LogP contribution in [0.4, 0.5) is 11.6 Å². The highest BCUT2D eigenvalue weighted by molar-refractivity contribution is 6.30. The van der Waals surface area contributed by atoms with E-state index in [9.17, 15) is 4.79 Å². The predicted octanol–water partition coefficient (Wildman–Crippen LogP) is 1.91. The molecule has 1 atom stereocenters. The van der Waals surface area contributed by atoms with Crippen LogP contribution in [0.5, 0.6) is 0 Å². The molecule has 1 unspecified atom stereocenters. The third-order valence-corrected chi connectivity index (χ3v) is 4.73.